The largest absolute Gasteiger partial charge is 0.392 e. The van der Waals surface area contributed by atoms with Crippen LogP contribution in [0.2, 0.25) is 0 Å². The normalized spacial score (nSPS) is 20.7. The Labute approximate surface area is 126 Å². The van der Waals surface area contributed by atoms with E-state index in [1.165, 1.54) is 38.9 Å². The molecule has 1 heterocycles. The van der Waals surface area contributed by atoms with Crippen molar-refractivity contribution >= 4 is 0 Å². The van der Waals surface area contributed by atoms with E-state index in [1.807, 2.05) is 0 Å². The maximum atomic E-state index is 9.55. The van der Waals surface area contributed by atoms with Crippen LogP contribution in [0.25, 0.3) is 0 Å². The molecular formula is C17H36N2O. The van der Waals surface area contributed by atoms with Crippen LogP contribution in [-0.4, -0.2) is 60.3 Å². The molecule has 1 aliphatic rings. The first-order chi connectivity index (χ1) is 9.47. The summed E-state index contributed by atoms with van der Waals surface area (Å²) in [6.07, 6.45) is 4.74. The molecule has 0 radical (unpaired) electrons. The average molecular weight is 284 g/mol. The fourth-order valence-corrected chi connectivity index (χ4v) is 2.75. The summed E-state index contributed by atoms with van der Waals surface area (Å²) in [6, 6.07) is 0. The Balaban J connectivity index is 2.20. The highest BCUT2D eigenvalue weighted by Crippen LogP contribution is 2.10. The molecular weight excluding hydrogens is 248 g/mol. The summed E-state index contributed by atoms with van der Waals surface area (Å²) in [6.45, 7) is 16.1. The molecule has 0 aromatic carbocycles. The van der Waals surface area contributed by atoms with E-state index in [0.717, 1.165) is 37.9 Å². The molecule has 0 aliphatic carbocycles. The van der Waals surface area contributed by atoms with E-state index in [2.05, 4.69) is 37.5 Å². The van der Waals surface area contributed by atoms with Gasteiger partial charge in [-0.2, -0.15) is 0 Å². The van der Waals surface area contributed by atoms with Gasteiger partial charge in [-0.1, -0.05) is 27.7 Å². The molecule has 20 heavy (non-hydrogen) atoms. The number of hydrogen-bond donors (Lipinski definition) is 1. The SMILES string of the molecule is CC(C)CCN(CCCN1CCC(O)C1)CCC(C)C. The van der Waals surface area contributed by atoms with Crippen LogP contribution in [0, 0.1) is 11.8 Å². The van der Waals surface area contributed by atoms with Gasteiger partial charge in [0, 0.05) is 13.1 Å². The lowest BCUT2D eigenvalue weighted by Gasteiger charge is -2.25. The number of aliphatic hydroxyl groups excluding tert-OH is 1. The molecule has 0 bridgehead atoms. The van der Waals surface area contributed by atoms with Crippen LogP contribution in [0.1, 0.15) is 53.4 Å². The number of hydrogen-bond acceptors (Lipinski definition) is 3. The van der Waals surface area contributed by atoms with Crippen molar-refractivity contribution in [2.24, 2.45) is 11.8 Å². The second kappa shape index (κ2) is 9.75. The molecule has 3 heteroatoms. The van der Waals surface area contributed by atoms with Gasteiger partial charge in [0.2, 0.25) is 0 Å². The quantitative estimate of drug-likeness (QED) is 0.668. The van der Waals surface area contributed by atoms with Gasteiger partial charge in [-0.3, -0.25) is 0 Å². The summed E-state index contributed by atoms with van der Waals surface area (Å²) in [5.74, 6) is 1.59. The predicted octanol–water partition coefficient (Wildman–Crippen LogP) is 2.84. The van der Waals surface area contributed by atoms with Crippen LogP contribution in [0.3, 0.4) is 0 Å². The second-order valence-electron chi connectivity index (χ2n) is 7.30. The van der Waals surface area contributed by atoms with E-state index in [1.54, 1.807) is 0 Å². The van der Waals surface area contributed by atoms with Crippen LogP contribution < -0.4 is 0 Å². The van der Waals surface area contributed by atoms with Gasteiger partial charge in [-0.15, -0.1) is 0 Å². The van der Waals surface area contributed by atoms with Crippen LogP contribution in [0.15, 0.2) is 0 Å². The van der Waals surface area contributed by atoms with Gasteiger partial charge in [0.1, 0.15) is 0 Å². The number of nitrogens with zero attached hydrogens (tertiary/aromatic N) is 2. The lowest BCUT2D eigenvalue weighted by Crippen LogP contribution is -2.32. The average Bonchev–Trinajstić information content (AvgIpc) is 2.77. The molecule has 0 spiro atoms. The maximum absolute atomic E-state index is 9.55. The zero-order valence-corrected chi connectivity index (χ0v) is 14.1. The van der Waals surface area contributed by atoms with Crippen molar-refractivity contribution in [2.75, 3.05) is 39.3 Å². The Morgan fingerprint density at radius 1 is 1.05 bits per heavy atom. The number of aliphatic hydroxyl groups is 1. The minimum Gasteiger partial charge on any atom is -0.392 e. The van der Waals surface area contributed by atoms with Gasteiger partial charge in [-0.25, -0.2) is 0 Å². The molecule has 1 N–H and O–H groups in total. The molecule has 1 unspecified atom stereocenters. The molecule has 0 saturated carbocycles. The third kappa shape index (κ3) is 8.23. The molecule has 1 saturated heterocycles. The topological polar surface area (TPSA) is 26.7 Å². The van der Waals surface area contributed by atoms with Gasteiger partial charge in [-0.05, 0) is 63.7 Å². The molecule has 0 aromatic rings. The second-order valence-corrected chi connectivity index (χ2v) is 7.30. The Bertz CT molecular complexity index is 231. The van der Waals surface area contributed by atoms with Crippen molar-refractivity contribution in [1.82, 2.24) is 9.80 Å². The fraction of sp³-hybridized carbons (Fsp3) is 1.00. The Morgan fingerprint density at radius 2 is 1.65 bits per heavy atom. The van der Waals surface area contributed by atoms with Crippen LogP contribution in [-0.2, 0) is 0 Å². The first kappa shape index (κ1) is 17.9. The summed E-state index contributed by atoms with van der Waals surface area (Å²) in [7, 11) is 0. The zero-order chi connectivity index (χ0) is 15.0. The molecule has 3 nitrogen and oxygen atoms in total. The Hall–Kier alpha value is -0.120. The van der Waals surface area contributed by atoms with E-state index in [0.29, 0.717) is 0 Å². The van der Waals surface area contributed by atoms with Crippen molar-refractivity contribution in [1.29, 1.82) is 0 Å². The minimum atomic E-state index is -0.0759. The molecule has 120 valence electrons. The van der Waals surface area contributed by atoms with Gasteiger partial charge in [0.25, 0.3) is 0 Å². The lowest BCUT2D eigenvalue weighted by molar-refractivity contribution is 0.172. The van der Waals surface area contributed by atoms with Crippen molar-refractivity contribution in [3.63, 3.8) is 0 Å². The maximum Gasteiger partial charge on any atom is 0.0679 e. The van der Waals surface area contributed by atoms with Gasteiger partial charge in [0.05, 0.1) is 6.10 Å². The van der Waals surface area contributed by atoms with E-state index >= 15 is 0 Å². The molecule has 0 amide bonds. The smallest absolute Gasteiger partial charge is 0.0679 e. The zero-order valence-electron chi connectivity index (χ0n) is 14.1. The van der Waals surface area contributed by atoms with E-state index in [4.69, 9.17) is 0 Å². The Kier molecular flexibility index (Phi) is 8.74. The highest BCUT2D eigenvalue weighted by atomic mass is 16.3. The van der Waals surface area contributed by atoms with Crippen LogP contribution >= 0.6 is 0 Å². The highest BCUT2D eigenvalue weighted by Gasteiger charge is 2.19. The monoisotopic (exact) mass is 284 g/mol. The number of likely N-dealkylation sites (tertiary alicyclic amines) is 1. The summed E-state index contributed by atoms with van der Waals surface area (Å²) in [5, 5.41) is 9.55. The Morgan fingerprint density at radius 3 is 2.10 bits per heavy atom. The molecule has 1 atom stereocenters. The number of rotatable bonds is 10. The lowest BCUT2D eigenvalue weighted by atomic mass is 10.1. The standard InChI is InChI=1S/C17H36N2O/c1-15(2)6-11-18(12-7-16(3)4)9-5-10-19-13-8-17(20)14-19/h15-17,20H,5-14H2,1-4H3. The van der Waals surface area contributed by atoms with Crippen molar-refractivity contribution < 1.29 is 5.11 Å². The highest BCUT2D eigenvalue weighted by molar-refractivity contribution is 4.74. The number of β-amino-alcohol motifs (C(OH)–C–C–N with tert-alkyl or cyclic N) is 1. The van der Waals surface area contributed by atoms with Crippen molar-refractivity contribution in [3.8, 4) is 0 Å². The predicted molar refractivity (Wildman–Crippen MR) is 87.0 cm³/mol. The van der Waals surface area contributed by atoms with Crippen LogP contribution in [0.5, 0.6) is 0 Å². The van der Waals surface area contributed by atoms with E-state index < -0.39 is 0 Å². The van der Waals surface area contributed by atoms with Gasteiger partial charge in [0.15, 0.2) is 0 Å². The van der Waals surface area contributed by atoms with E-state index in [9.17, 15) is 5.11 Å². The fourth-order valence-electron chi connectivity index (χ4n) is 2.75. The first-order valence-electron chi connectivity index (χ1n) is 8.60. The molecule has 1 rings (SSSR count). The summed E-state index contributed by atoms with van der Waals surface area (Å²) >= 11 is 0. The summed E-state index contributed by atoms with van der Waals surface area (Å²) in [5.41, 5.74) is 0. The minimum absolute atomic E-state index is 0.0759. The summed E-state index contributed by atoms with van der Waals surface area (Å²) in [4.78, 5) is 5.06. The third-order valence-corrected chi connectivity index (χ3v) is 4.24. The van der Waals surface area contributed by atoms with Crippen LogP contribution in [0.4, 0.5) is 0 Å². The third-order valence-electron chi connectivity index (χ3n) is 4.24. The van der Waals surface area contributed by atoms with Gasteiger partial charge < -0.3 is 14.9 Å². The molecule has 1 aliphatic heterocycles. The summed E-state index contributed by atoms with van der Waals surface area (Å²) < 4.78 is 0. The molecule has 1 fully saturated rings. The van der Waals surface area contributed by atoms with E-state index in [-0.39, 0.29) is 6.10 Å². The first-order valence-corrected chi connectivity index (χ1v) is 8.60. The van der Waals surface area contributed by atoms with Crippen molar-refractivity contribution in [3.05, 3.63) is 0 Å². The van der Waals surface area contributed by atoms with Gasteiger partial charge >= 0.3 is 0 Å². The molecule has 0 aromatic heterocycles. The van der Waals surface area contributed by atoms with Crippen molar-refractivity contribution in [2.45, 2.75) is 59.5 Å².